The number of hydrogen-bond acceptors (Lipinski definition) is 4. The zero-order valence-electron chi connectivity index (χ0n) is 15.2. The lowest BCUT2D eigenvalue weighted by Gasteiger charge is -2.05. The lowest BCUT2D eigenvalue weighted by atomic mass is 10.1. The molecular formula is C20H18N4O2S. The quantitative estimate of drug-likeness (QED) is 0.568. The third-order valence-corrected chi connectivity index (χ3v) is 5.53. The zero-order chi connectivity index (χ0) is 19.1. The van der Waals surface area contributed by atoms with Crippen LogP contribution in [0.1, 0.15) is 21.7 Å². The summed E-state index contributed by atoms with van der Waals surface area (Å²) in [6.07, 6.45) is 0. The Morgan fingerprint density at radius 1 is 1.22 bits per heavy atom. The summed E-state index contributed by atoms with van der Waals surface area (Å²) in [5.74, 6) is -0.348. The van der Waals surface area contributed by atoms with Crippen LogP contribution in [0.5, 0.6) is 0 Å². The summed E-state index contributed by atoms with van der Waals surface area (Å²) < 4.78 is 2.11. The van der Waals surface area contributed by atoms with Gasteiger partial charge in [-0.2, -0.15) is 0 Å². The van der Waals surface area contributed by atoms with Gasteiger partial charge in [-0.3, -0.25) is 14.9 Å². The van der Waals surface area contributed by atoms with Crippen molar-refractivity contribution in [3.8, 4) is 11.3 Å². The Balaban J connectivity index is 1.66. The number of pyridine rings is 1. The van der Waals surface area contributed by atoms with Crippen molar-refractivity contribution in [3.63, 3.8) is 0 Å². The molecule has 6 nitrogen and oxygen atoms in total. The molecule has 0 radical (unpaired) electrons. The number of aromatic amines is 1. The van der Waals surface area contributed by atoms with Crippen LogP contribution in [0.2, 0.25) is 0 Å². The van der Waals surface area contributed by atoms with Gasteiger partial charge in [-0.05, 0) is 26.0 Å². The molecule has 0 bridgehead atoms. The van der Waals surface area contributed by atoms with Gasteiger partial charge in [0, 0.05) is 46.3 Å². The zero-order valence-corrected chi connectivity index (χ0v) is 16.0. The van der Waals surface area contributed by atoms with Crippen LogP contribution < -0.4 is 10.9 Å². The van der Waals surface area contributed by atoms with Gasteiger partial charge in [0.05, 0.1) is 11.3 Å². The third kappa shape index (κ3) is 3.06. The first-order chi connectivity index (χ1) is 12.9. The second-order valence-corrected chi connectivity index (χ2v) is 7.29. The molecule has 4 rings (SSSR count). The van der Waals surface area contributed by atoms with Crippen LogP contribution >= 0.6 is 11.3 Å². The molecule has 0 spiro atoms. The van der Waals surface area contributed by atoms with Gasteiger partial charge >= 0.3 is 0 Å². The number of amides is 1. The fourth-order valence-corrected chi connectivity index (χ4v) is 3.83. The Morgan fingerprint density at radius 2 is 2.00 bits per heavy atom. The van der Waals surface area contributed by atoms with Crippen molar-refractivity contribution < 1.29 is 4.79 Å². The Kier molecular flexibility index (Phi) is 4.16. The van der Waals surface area contributed by atoms with Crippen LogP contribution in [0.15, 0.2) is 46.6 Å². The Hall–Kier alpha value is -3.19. The lowest BCUT2D eigenvalue weighted by Crippen LogP contribution is -2.16. The summed E-state index contributed by atoms with van der Waals surface area (Å²) in [4.78, 5) is 31.9. The van der Waals surface area contributed by atoms with E-state index in [1.165, 1.54) is 17.4 Å². The molecule has 0 aliphatic rings. The average molecular weight is 378 g/mol. The lowest BCUT2D eigenvalue weighted by molar-refractivity contribution is 0.102. The van der Waals surface area contributed by atoms with Gasteiger partial charge in [0.2, 0.25) is 5.56 Å². The molecule has 27 heavy (non-hydrogen) atoms. The van der Waals surface area contributed by atoms with E-state index in [1.54, 1.807) is 6.07 Å². The molecule has 1 amide bonds. The highest BCUT2D eigenvalue weighted by Gasteiger charge is 2.16. The number of aryl methyl sites for hydroxylation is 1. The number of H-pyrrole nitrogens is 1. The fourth-order valence-electron chi connectivity index (χ4n) is 3.13. The number of para-hydroxylation sites is 1. The molecule has 1 aromatic carbocycles. The monoisotopic (exact) mass is 378 g/mol. The van der Waals surface area contributed by atoms with Crippen molar-refractivity contribution in [1.29, 1.82) is 0 Å². The highest BCUT2D eigenvalue weighted by Crippen LogP contribution is 2.29. The van der Waals surface area contributed by atoms with E-state index in [1.807, 2.05) is 44.5 Å². The van der Waals surface area contributed by atoms with Crippen LogP contribution in [-0.4, -0.2) is 20.4 Å². The topological polar surface area (TPSA) is 79.8 Å². The van der Waals surface area contributed by atoms with Gasteiger partial charge in [0.15, 0.2) is 5.13 Å². The molecule has 0 unspecified atom stereocenters. The maximum absolute atomic E-state index is 12.7. The van der Waals surface area contributed by atoms with E-state index in [4.69, 9.17) is 0 Å². The maximum atomic E-state index is 12.7. The fraction of sp³-hybridized carbons (Fsp3) is 0.150. The molecule has 136 valence electrons. The molecule has 7 heteroatoms. The van der Waals surface area contributed by atoms with Crippen LogP contribution in [-0.2, 0) is 7.05 Å². The molecule has 0 atom stereocenters. The number of nitrogens with one attached hydrogen (secondary N) is 2. The van der Waals surface area contributed by atoms with Gasteiger partial charge in [-0.25, -0.2) is 4.98 Å². The largest absolute Gasteiger partial charge is 0.351 e. The minimum absolute atomic E-state index is 0.311. The van der Waals surface area contributed by atoms with Crippen molar-refractivity contribution in [2.45, 2.75) is 13.8 Å². The minimum Gasteiger partial charge on any atom is -0.351 e. The second-order valence-electron chi connectivity index (χ2n) is 6.43. The number of thiazole rings is 1. The Labute approximate surface area is 159 Å². The molecule has 0 saturated carbocycles. The van der Waals surface area contributed by atoms with E-state index >= 15 is 0 Å². The van der Waals surface area contributed by atoms with Gasteiger partial charge < -0.3 is 9.55 Å². The van der Waals surface area contributed by atoms with E-state index in [2.05, 4.69) is 25.9 Å². The summed E-state index contributed by atoms with van der Waals surface area (Å²) in [5, 5.41) is 5.94. The van der Waals surface area contributed by atoms with Gasteiger partial charge in [-0.1, -0.05) is 18.2 Å². The van der Waals surface area contributed by atoms with Crippen LogP contribution in [0.3, 0.4) is 0 Å². The van der Waals surface area contributed by atoms with Crippen molar-refractivity contribution >= 4 is 33.3 Å². The summed E-state index contributed by atoms with van der Waals surface area (Å²) in [6.45, 7) is 4.09. The minimum atomic E-state index is -0.348. The van der Waals surface area contributed by atoms with Crippen LogP contribution in [0.25, 0.3) is 22.2 Å². The highest BCUT2D eigenvalue weighted by molar-refractivity contribution is 7.14. The summed E-state index contributed by atoms with van der Waals surface area (Å²) >= 11 is 1.36. The van der Waals surface area contributed by atoms with Gasteiger partial charge in [-0.15, -0.1) is 11.3 Å². The van der Waals surface area contributed by atoms with Crippen LogP contribution in [0.4, 0.5) is 5.13 Å². The van der Waals surface area contributed by atoms with Crippen molar-refractivity contribution in [2.75, 3.05) is 5.32 Å². The van der Waals surface area contributed by atoms with Gasteiger partial charge in [0.1, 0.15) is 0 Å². The Morgan fingerprint density at radius 3 is 2.74 bits per heavy atom. The first-order valence-electron chi connectivity index (χ1n) is 8.46. The molecule has 3 aromatic heterocycles. The second kappa shape index (κ2) is 6.51. The first-order valence-corrected chi connectivity index (χ1v) is 9.34. The maximum Gasteiger partial charge on any atom is 0.258 e. The number of aromatic nitrogens is 3. The van der Waals surface area contributed by atoms with Crippen LogP contribution in [0, 0.1) is 13.8 Å². The molecule has 0 aliphatic heterocycles. The summed E-state index contributed by atoms with van der Waals surface area (Å²) in [5.41, 5.74) is 4.80. The molecule has 2 N–H and O–H groups in total. The molecule has 0 saturated heterocycles. The third-order valence-electron chi connectivity index (χ3n) is 4.77. The van der Waals surface area contributed by atoms with Crippen molar-refractivity contribution in [3.05, 3.63) is 69.1 Å². The Bertz CT molecular complexity index is 1230. The van der Waals surface area contributed by atoms with E-state index in [0.717, 1.165) is 22.6 Å². The van der Waals surface area contributed by atoms with E-state index in [0.29, 0.717) is 21.6 Å². The smallest absolute Gasteiger partial charge is 0.258 e. The SMILES string of the molecule is Cc1cc(-c2csc(NC(=O)c3cc(=O)[nH]c4ccccc34)n2)c(C)n1C. The van der Waals surface area contributed by atoms with E-state index in [9.17, 15) is 9.59 Å². The highest BCUT2D eigenvalue weighted by atomic mass is 32.1. The summed E-state index contributed by atoms with van der Waals surface area (Å²) in [6, 6.07) is 10.6. The number of anilines is 1. The number of nitrogens with zero attached hydrogens (tertiary/aromatic N) is 2. The normalized spacial score (nSPS) is 11.1. The molecule has 0 fully saturated rings. The number of rotatable bonds is 3. The van der Waals surface area contributed by atoms with Gasteiger partial charge in [0.25, 0.3) is 5.91 Å². The molecule has 0 aliphatic carbocycles. The number of fused-ring (bicyclic) bond motifs is 1. The first kappa shape index (κ1) is 17.2. The van der Waals surface area contributed by atoms with Crippen molar-refractivity contribution in [1.82, 2.24) is 14.5 Å². The van der Waals surface area contributed by atoms with E-state index < -0.39 is 0 Å². The standard InChI is InChI=1S/C20H18N4O2S/c1-11-8-14(12(2)24(11)3)17-10-27-20(22-17)23-19(26)15-9-18(25)21-16-7-5-4-6-13(15)16/h4-10H,1-3H3,(H,21,25)(H,22,23,26). The number of carbonyl (C=O) groups is 1. The van der Waals surface area contributed by atoms with E-state index in [-0.39, 0.29) is 11.5 Å². The molecule has 4 aromatic rings. The predicted octanol–water partition coefficient (Wildman–Crippen LogP) is 3.86. The molecular weight excluding hydrogens is 360 g/mol. The number of benzene rings is 1. The number of hydrogen-bond donors (Lipinski definition) is 2. The number of carbonyl (C=O) groups excluding carboxylic acids is 1. The summed E-state index contributed by atoms with van der Waals surface area (Å²) in [7, 11) is 2.02. The molecule has 3 heterocycles. The average Bonchev–Trinajstić information content (AvgIpc) is 3.21. The predicted molar refractivity (Wildman–Crippen MR) is 109 cm³/mol. The van der Waals surface area contributed by atoms with Crippen molar-refractivity contribution in [2.24, 2.45) is 7.05 Å².